The number of ether oxygens (including phenoxy) is 1. The van der Waals surface area contributed by atoms with Gasteiger partial charge in [-0.1, -0.05) is 0 Å². The molecule has 5 rings (SSSR count). The van der Waals surface area contributed by atoms with E-state index in [2.05, 4.69) is 19.9 Å². The van der Waals surface area contributed by atoms with Crippen molar-refractivity contribution in [3.63, 3.8) is 0 Å². The van der Waals surface area contributed by atoms with Crippen LogP contribution in [0.4, 0.5) is 14.5 Å². The molecular formula is C22H21F2N5O. The van der Waals surface area contributed by atoms with Gasteiger partial charge in [-0.3, -0.25) is 0 Å². The van der Waals surface area contributed by atoms with Crippen molar-refractivity contribution in [2.24, 2.45) is 0 Å². The second-order valence-electron chi connectivity index (χ2n) is 7.79. The SMILES string of the molecule is CO[C@@H]1CCN(c2cc(C3CC3c3cnc(-c4ncccn4)nc3)cc(F)c2F)C1. The average Bonchev–Trinajstić information content (AvgIpc) is 3.45. The van der Waals surface area contributed by atoms with Crippen LogP contribution in [0.3, 0.4) is 0 Å². The fourth-order valence-electron chi connectivity index (χ4n) is 4.17. The summed E-state index contributed by atoms with van der Waals surface area (Å²) in [7, 11) is 1.65. The van der Waals surface area contributed by atoms with E-state index in [1.165, 1.54) is 6.07 Å². The van der Waals surface area contributed by atoms with Gasteiger partial charge in [0.05, 0.1) is 11.8 Å². The quantitative estimate of drug-likeness (QED) is 0.640. The second kappa shape index (κ2) is 7.68. The monoisotopic (exact) mass is 409 g/mol. The van der Waals surface area contributed by atoms with Crippen molar-refractivity contribution in [3.8, 4) is 11.6 Å². The minimum atomic E-state index is -0.804. The normalized spacial score (nSPS) is 23.0. The van der Waals surface area contributed by atoms with Gasteiger partial charge in [-0.05, 0) is 54.0 Å². The number of hydrogen-bond donors (Lipinski definition) is 0. The molecule has 0 amide bonds. The Balaban J connectivity index is 1.35. The molecule has 1 saturated heterocycles. The highest BCUT2D eigenvalue weighted by atomic mass is 19.2. The van der Waals surface area contributed by atoms with Crippen LogP contribution in [-0.4, -0.2) is 46.2 Å². The number of methoxy groups -OCH3 is 1. The minimum Gasteiger partial charge on any atom is -0.380 e. The Hall–Kier alpha value is -3.00. The molecule has 0 radical (unpaired) electrons. The van der Waals surface area contributed by atoms with Gasteiger partial charge < -0.3 is 9.64 Å². The highest BCUT2D eigenvalue weighted by Crippen LogP contribution is 2.55. The number of benzene rings is 1. The van der Waals surface area contributed by atoms with E-state index in [0.29, 0.717) is 30.4 Å². The third-order valence-electron chi connectivity index (χ3n) is 5.93. The maximum absolute atomic E-state index is 14.5. The first-order chi connectivity index (χ1) is 14.6. The molecular weight excluding hydrogens is 388 g/mol. The van der Waals surface area contributed by atoms with Gasteiger partial charge >= 0.3 is 0 Å². The predicted octanol–water partition coefficient (Wildman–Crippen LogP) is 3.71. The Morgan fingerprint density at radius 2 is 1.67 bits per heavy atom. The van der Waals surface area contributed by atoms with Crippen LogP contribution in [0.5, 0.6) is 0 Å². The van der Waals surface area contributed by atoms with Gasteiger partial charge in [0.2, 0.25) is 0 Å². The lowest BCUT2D eigenvalue weighted by atomic mass is 10.0. The zero-order chi connectivity index (χ0) is 20.7. The highest BCUT2D eigenvalue weighted by Gasteiger charge is 2.41. The summed E-state index contributed by atoms with van der Waals surface area (Å²) in [4.78, 5) is 18.9. The first-order valence-electron chi connectivity index (χ1n) is 10.00. The van der Waals surface area contributed by atoms with Crippen molar-refractivity contribution in [1.82, 2.24) is 19.9 Å². The van der Waals surface area contributed by atoms with Crippen molar-refractivity contribution < 1.29 is 13.5 Å². The second-order valence-corrected chi connectivity index (χ2v) is 7.79. The minimum absolute atomic E-state index is 0.0500. The van der Waals surface area contributed by atoms with Crippen LogP contribution < -0.4 is 4.90 Å². The maximum Gasteiger partial charge on any atom is 0.197 e. The molecule has 1 aromatic carbocycles. The van der Waals surface area contributed by atoms with Crippen molar-refractivity contribution in [3.05, 3.63) is 65.7 Å². The Morgan fingerprint density at radius 3 is 2.37 bits per heavy atom. The summed E-state index contributed by atoms with van der Waals surface area (Å²) in [5.74, 6) is -0.332. The zero-order valence-corrected chi connectivity index (χ0v) is 16.5. The van der Waals surface area contributed by atoms with Crippen LogP contribution in [0.1, 0.15) is 35.8 Å². The molecule has 2 aromatic heterocycles. The van der Waals surface area contributed by atoms with Crippen LogP contribution in [0, 0.1) is 11.6 Å². The zero-order valence-electron chi connectivity index (χ0n) is 16.5. The van der Waals surface area contributed by atoms with Crippen LogP contribution in [0.2, 0.25) is 0 Å². The van der Waals surface area contributed by atoms with Crippen molar-refractivity contribution in [2.45, 2.75) is 30.8 Å². The highest BCUT2D eigenvalue weighted by molar-refractivity contribution is 5.54. The topological polar surface area (TPSA) is 64.0 Å². The van der Waals surface area contributed by atoms with Crippen molar-refractivity contribution >= 4 is 5.69 Å². The summed E-state index contributed by atoms with van der Waals surface area (Å²) in [5, 5.41) is 0. The molecule has 154 valence electrons. The largest absolute Gasteiger partial charge is 0.380 e. The maximum atomic E-state index is 14.5. The average molecular weight is 409 g/mol. The summed E-state index contributed by atoms with van der Waals surface area (Å²) in [6.45, 7) is 1.23. The van der Waals surface area contributed by atoms with Gasteiger partial charge in [-0.2, -0.15) is 0 Å². The third-order valence-corrected chi connectivity index (χ3v) is 5.93. The number of anilines is 1. The van der Waals surface area contributed by atoms with E-state index in [1.807, 2.05) is 4.90 Å². The lowest BCUT2D eigenvalue weighted by Crippen LogP contribution is -2.23. The smallest absolute Gasteiger partial charge is 0.197 e. The molecule has 0 N–H and O–H groups in total. The van der Waals surface area contributed by atoms with E-state index in [-0.39, 0.29) is 17.9 Å². The number of rotatable bonds is 5. The predicted molar refractivity (Wildman–Crippen MR) is 107 cm³/mol. The van der Waals surface area contributed by atoms with Gasteiger partial charge in [0, 0.05) is 45.0 Å². The lowest BCUT2D eigenvalue weighted by molar-refractivity contribution is 0.121. The molecule has 2 aliphatic rings. The Kier molecular flexibility index (Phi) is 4.86. The fourth-order valence-corrected chi connectivity index (χ4v) is 4.17. The van der Waals surface area contributed by atoms with E-state index < -0.39 is 11.6 Å². The standard InChI is InChI=1S/C22H21F2N5O/c1-30-15-3-6-29(12-15)19-8-13(7-18(23)20(19)24)16-9-17(16)14-10-27-22(28-11-14)21-25-4-2-5-26-21/h2,4-5,7-8,10-11,15-17H,3,6,9,12H2,1H3/t15-,16?,17?/m1/s1. The molecule has 2 unspecified atom stereocenters. The first kappa shape index (κ1) is 19.0. The van der Waals surface area contributed by atoms with Gasteiger partial charge in [0.25, 0.3) is 0 Å². The molecule has 0 spiro atoms. The summed E-state index contributed by atoms with van der Waals surface area (Å²) in [6.07, 6.45) is 8.55. The third kappa shape index (κ3) is 3.52. The Bertz CT molecular complexity index is 1050. The fraction of sp³-hybridized carbons (Fsp3) is 0.364. The summed E-state index contributed by atoms with van der Waals surface area (Å²) < 4.78 is 34.2. The molecule has 1 aliphatic carbocycles. The number of halogens is 2. The molecule has 0 bridgehead atoms. The number of aromatic nitrogens is 4. The summed E-state index contributed by atoms with van der Waals surface area (Å²) in [5.41, 5.74) is 2.11. The van der Waals surface area contributed by atoms with Gasteiger partial charge in [-0.25, -0.2) is 28.7 Å². The van der Waals surface area contributed by atoms with E-state index in [1.54, 1.807) is 44.0 Å². The molecule has 8 heteroatoms. The molecule has 3 aromatic rings. The van der Waals surface area contributed by atoms with Gasteiger partial charge in [0.1, 0.15) is 0 Å². The van der Waals surface area contributed by atoms with E-state index in [9.17, 15) is 8.78 Å². The Morgan fingerprint density at radius 1 is 0.967 bits per heavy atom. The van der Waals surface area contributed by atoms with Crippen molar-refractivity contribution in [1.29, 1.82) is 0 Å². The van der Waals surface area contributed by atoms with E-state index >= 15 is 0 Å². The Labute approximate surface area is 173 Å². The van der Waals surface area contributed by atoms with Crippen LogP contribution >= 0.6 is 0 Å². The van der Waals surface area contributed by atoms with E-state index in [4.69, 9.17) is 4.74 Å². The summed E-state index contributed by atoms with van der Waals surface area (Å²) >= 11 is 0. The lowest BCUT2D eigenvalue weighted by Gasteiger charge is -2.20. The molecule has 6 nitrogen and oxygen atoms in total. The number of nitrogens with zero attached hydrogens (tertiary/aromatic N) is 5. The molecule has 30 heavy (non-hydrogen) atoms. The van der Waals surface area contributed by atoms with Gasteiger partial charge in [0.15, 0.2) is 23.3 Å². The molecule has 2 fully saturated rings. The molecule has 3 atom stereocenters. The van der Waals surface area contributed by atoms with Crippen LogP contribution in [-0.2, 0) is 4.74 Å². The molecule has 1 saturated carbocycles. The molecule has 3 heterocycles. The van der Waals surface area contributed by atoms with Crippen LogP contribution in [0.25, 0.3) is 11.6 Å². The number of hydrogen-bond acceptors (Lipinski definition) is 6. The molecule has 1 aliphatic heterocycles. The van der Waals surface area contributed by atoms with E-state index in [0.717, 1.165) is 24.0 Å². The van der Waals surface area contributed by atoms with Gasteiger partial charge in [-0.15, -0.1) is 0 Å². The van der Waals surface area contributed by atoms with Crippen LogP contribution in [0.15, 0.2) is 43.0 Å². The summed E-state index contributed by atoms with van der Waals surface area (Å²) in [6, 6.07) is 4.84. The first-order valence-corrected chi connectivity index (χ1v) is 10.00. The van der Waals surface area contributed by atoms with Crippen molar-refractivity contribution in [2.75, 3.05) is 25.1 Å².